The molecule has 0 radical (unpaired) electrons. The van der Waals surface area contributed by atoms with Crippen LogP contribution in [0.25, 0.3) is 0 Å². The van der Waals surface area contributed by atoms with E-state index in [1.165, 1.54) is 0 Å². The molecule has 0 aliphatic carbocycles. The van der Waals surface area contributed by atoms with Crippen molar-refractivity contribution >= 4 is 0 Å². The van der Waals surface area contributed by atoms with Crippen molar-refractivity contribution in [1.82, 2.24) is 0 Å². The van der Waals surface area contributed by atoms with Gasteiger partial charge in [-0.3, -0.25) is 0 Å². The van der Waals surface area contributed by atoms with Gasteiger partial charge in [0.1, 0.15) is 25.1 Å². The third-order valence-corrected chi connectivity index (χ3v) is 4.53. The highest BCUT2D eigenvalue weighted by atomic mass is 16.7. The van der Waals surface area contributed by atoms with Crippen LogP contribution in [0.4, 0.5) is 0 Å². The first-order valence-electron chi connectivity index (χ1n) is 7.59. The minimum absolute atomic E-state index is 0.151. The molecule has 3 aliphatic rings. The second-order valence-electron chi connectivity index (χ2n) is 6.14. The number of hydrogen-bond donors (Lipinski definition) is 2. The van der Waals surface area contributed by atoms with Crippen LogP contribution in [0.2, 0.25) is 0 Å². The van der Waals surface area contributed by atoms with Gasteiger partial charge in [0.2, 0.25) is 0 Å². The molecular formula is C15H24O6. The lowest BCUT2D eigenvalue weighted by molar-refractivity contribution is -0.270. The van der Waals surface area contributed by atoms with Crippen molar-refractivity contribution in [2.75, 3.05) is 13.4 Å². The molecule has 6 nitrogen and oxygen atoms in total. The molecular weight excluding hydrogens is 276 g/mol. The summed E-state index contributed by atoms with van der Waals surface area (Å²) in [5.41, 5.74) is 0.804. The zero-order valence-corrected chi connectivity index (χ0v) is 12.5. The summed E-state index contributed by atoms with van der Waals surface area (Å²) in [6.07, 6.45) is 1.21. The van der Waals surface area contributed by atoms with Gasteiger partial charge >= 0.3 is 0 Å². The topological polar surface area (TPSA) is 80.7 Å². The Balaban J connectivity index is 1.58. The maximum absolute atomic E-state index is 10.4. The molecule has 3 aliphatic heterocycles. The molecule has 7 atom stereocenters. The summed E-state index contributed by atoms with van der Waals surface area (Å²) in [7, 11) is 0. The van der Waals surface area contributed by atoms with Gasteiger partial charge in [-0.25, -0.2) is 0 Å². The molecule has 3 heterocycles. The molecule has 0 bridgehead atoms. The lowest BCUT2D eigenvalue weighted by Gasteiger charge is -2.43. The molecule has 0 saturated carbocycles. The lowest BCUT2D eigenvalue weighted by Crippen LogP contribution is -2.56. The fourth-order valence-electron chi connectivity index (χ4n) is 2.97. The molecule has 3 fully saturated rings. The van der Waals surface area contributed by atoms with Crippen molar-refractivity contribution in [3.8, 4) is 0 Å². The second-order valence-corrected chi connectivity index (χ2v) is 6.14. The van der Waals surface area contributed by atoms with Crippen molar-refractivity contribution in [3.05, 3.63) is 11.6 Å². The standard InChI is InChI=1S/C15H24O6/c1-8(3-4-11-9(2)20-11)14(17)15-10(16)5-12-13(21-15)6-18-7-19-12/h3,9-17H,4-7H2,1-2H3/b8-3+/t9-,10-,11-,12+,13-,14+,15-/m1/s1. The van der Waals surface area contributed by atoms with Crippen LogP contribution in [0, 0.1) is 0 Å². The van der Waals surface area contributed by atoms with Gasteiger partial charge in [0, 0.05) is 6.42 Å². The molecule has 0 aromatic heterocycles. The predicted molar refractivity (Wildman–Crippen MR) is 73.7 cm³/mol. The Hall–Kier alpha value is -0.500. The van der Waals surface area contributed by atoms with E-state index in [1.807, 2.05) is 19.9 Å². The molecule has 2 N–H and O–H groups in total. The summed E-state index contributed by atoms with van der Waals surface area (Å²) < 4.78 is 21.8. The largest absolute Gasteiger partial charge is 0.390 e. The Morgan fingerprint density at radius 2 is 2.10 bits per heavy atom. The van der Waals surface area contributed by atoms with Gasteiger partial charge < -0.3 is 29.2 Å². The summed E-state index contributed by atoms with van der Waals surface area (Å²) in [6.45, 7) is 4.56. The molecule has 21 heavy (non-hydrogen) atoms. The van der Waals surface area contributed by atoms with Crippen LogP contribution in [-0.4, -0.2) is 66.3 Å². The summed E-state index contributed by atoms with van der Waals surface area (Å²) in [6, 6.07) is 0. The summed E-state index contributed by atoms with van der Waals surface area (Å²) in [4.78, 5) is 0. The minimum Gasteiger partial charge on any atom is -0.390 e. The van der Waals surface area contributed by atoms with E-state index in [-0.39, 0.29) is 25.1 Å². The monoisotopic (exact) mass is 300 g/mol. The number of aliphatic hydroxyl groups is 2. The molecule has 0 aromatic rings. The smallest absolute Gasteiger partial charge is 0.147 e. The summed E-state index contributed by atoms with van der Waals surface area (Å²) >= 11 is 0. The van der Waals surface area contributed by atoms with Crippen molar-refractivity contribution in [3.63, 3.8) is 0 Å². The third kappa shape index (κ3) is 3.47. The lowest BCUT2D eigenvalue weighted by atomic mass is 9.91. The van der Waals surface area contributed by atoms with E-state index >= 15 is 0 Å². The van der Waals surface area contributed by atoms with Crippen molar-refractivity contribution in [2.45, 2.75) is 69.4 Å². The average molecular weight is 300 g/mol. The fraction of sp³-hybridized carbons (Fsp3) is 0.867. The zero-order chi connectivity index (χ0) is 15.0. The molecule has 3 saturated heterocycles. The van der Waals surface area contributed by atoms with Crippen LogP contribution in [0.3, 0.4) is 0 Å². The van der Waals surface area contributed by atoms with Crippen molar-refractivity contribution < 1.29 is 29.2 Å². The predicted octanol–water partition coefficient (Wildman–Crippen LogP) is 0.362. The second kappa shape index (κ2) is 6.32. The fourth-order valence-corrected chi connectivity index (χ4v) is 2.97. The Morgan fingerprint density at radius 1 is 1.33 bits per heavy atom. The summed E-state index contributed by atoms with van der Waals surface area (Å²) in [5.74, 6) is 0. The molecule has 0 unspecified atom stereocenters. The van der Waals surface area contributed by atoms with Crippen LogP contribution in [0.15, 0.2) is 11.6 Å². The first-order chi connectivity index (χ1) is 10.1. The molecule has 0 spiro atoms. The quantitative estimate of drug-likeness (QED) is 0.576. The van der Waals surface area contributed by atoms with Crippen molar-refractivity contribution in [2.24, 2.45) is 0 Å². The Morgan fingerprint density at radius 3 is 2.81 bits per heavy atom. The Kier molecular flexibility index (Phi) is 4.63. The van der Waals surface area contributed by atoms with Gasteiger partial charge in [0.25, 0.3) is 0 Å². The highest BCUT2D eigenvalue weighted by molar-refractivity contribution is 5.11. The van der Waals surface area contributed by atoms with Gasteiger partial charge in [0.05, 0.1) is 31.0 Å². The minimum atomic E-state index is -0.822. The van der Waals surface area contributed by atoms with Crippen LogP contribution < -0.4 is 0 Å². The molecule has 6 heteroatoms. The normalized spacial score (nSPS) is 45.0. The first kappa shape index (κ1) is 15.4. The van der Waals surface area contributed by atoms with E-state index in [0.717, 1.165) is 12.0 Å². The van der Waals surface area contributed by atoms with E-state index in [2.05, 4.69) is 0 Å². The van der Waals surface area contributed by atoms with E-state index in [1.54, 1.807) is 0 Å². The van der Waals surface area contributed by atoms with E-state index in [0.29, 0.717) is 19.1 Å². The van der Waals surface area contributed by atoms with Crippen LogP contribution >= 0.6 is 0 Å². The molecule has 0 aromatic carbocycles. The molecule has 3 rings (SSSR count). The number of hydrogen-bond acceptors (Lipinski definition) is 6. The van der Waals surface area contributed by atoms with Crippen molar-refractivity contribution in [1.29, 1.82) is 0 Å². The maximum atomic E-state index is 10.4. The van der Waals surface area contributed by atoms with Gasteiger partial charge in [-0.1, -0.05) is 6.08 Å². The number of epoxide rings is 1. The van der Waals surface area contributed by atoms with Crippen LogP contribution in [-0.2, 0) is 18.9 Å². The molecule has 0 amide bonds. The van der Waals surface area contributed by atoms with Crippen LogP contribution in [0.5, 0.6) is 0 Å². The highest BCUT2D eigenvalue weighted by Crippen LogP contribution is 2.30. The number of ether oxygens (including phenoxy) is 4. The van der Waals surface area contributed by atoms with E-state index in [9.17, 15) is 10.2 Å². The first-order valence-corrected chi connectivity index (χ1v) is 7.59. The SMILES string of the molecule is C/C(=C\C[C@H]1O[C@@H]1C)[C@H](O)[C@@H]1O[C@@H]2COCO[C@H]2C[C@H]1O. The third-order valence-electron chi connectivity index (χ3n) is 4.53. The number of aliphatic hydroxyl groups excluding tert-OH is 2. The number of rotatable bonds is 4. The van der Waals surface area contributed by atoms with Gasteiger partial charge in [-0.15, -0.1) is 0 Å². The van der Waals surface area contributed by atoms with Crippen LogP contribution in [0.1, 0.15) is 26.7 Å². The highest BCUT2D eigenvalue weighted by Gasteiger charge is 2.43. The van der Waals surface area contributed by atoms with Gasteiger partial charge in [0.15, 0.2) is 0 Å². The van der Waals surface area contributed by atoms with Gasteiger partial charge in [-0.2, -0.15) is 0 Å². The maximum Gasteiger partial charge on any atom is 0.147 e. The Bertz CT molecular complexity index is 398. The summed E-state index contributed by atoms with van der Waals surface area (Å²) in [5, 5.41) is 20.6. The zero-order valence-electron chi connectivity index (χ0n) is 12.5. The molecule has 120 valence electrons. The van der Waals surface area contributed by atoms with Gasteiger partial charge in [-0.05, 0) is 25.8 Å². The Labute approximate surface area is 124 Å². The average Bonchev–Trinajstić information content (AvgIpc) is 3.19. The van der Waals surface area contributed by atoms with E-state index in [4.69, 9.17) is 18.9 Å². The number of fused-ring (bicyclic) bond motifs is 1. The van der Waals surface area contributed by atoms with E-state index < -0.39 is 18.3 Å².